The number of halogens is 1. The number of tetrazole rings is 1. The summed E-state index contributed by atoms with van der Waals surface area (Å²) in [5.74, 6) is -3.67. The summed E-state index contributed by atoms with van der Waals surface area (Å²) in [7, 11) is 1.47. The fraction of sp³-hybridized carbons (Fsp3) is 0.400. The lowest BCUT2D eigenvalue weighted by molar-refractivity contribution is -0.153. The Morgan fingerprint density at radius 2 is 1.52 bits per heavy atom. The number of thioether (sulfide) groups is 1. The maximum absolute atomic E-state index is 13.9. The Bertz CT molecular complexity index is 1960. The molecule has 0 aliphatic heterocycles. The molecule has 1 heterocycles. The van der Waals surface area contributed by atoms with E-state index in [1.807, 2.05) is 0 Å². The molecule has 4 rings (SSSR count). The molecule has 56 heavy (non-hydrogen) atoms. The molecule has 0 radical (unpaired) electrons. The van der Waals surface area contributed by atoms with Crippen LogP contribution in [0.5, 0.6) is 5.75 Å². The van der Waals surface area contributed by atoms with Crippen LogP contribution in [-0.4, -0.2) is 80.0 Å². The highest BCUT2D eigenvalue weighted by molar-refractivity contribution is 8.01. The van der Waals surface area contributed by atoms with Gasteiger partial charge in [0.15, 0.2) is 17.1 Å². The second kappa shape index (κ2) is 22.3. The van der Waals surface area contributed by atoms with Crippen molar-refractivity contribution in [3.8, 4) is 11.4 Å². The van der Waals surface area contributed by atoms with E-state index in [1.165, 1.54) is 106 Å². The van der Waals surface area contributed by atoms with Crippen molar-refractivity contribution >= 4 is 58.6 Å². The van der Waals surface area contributed by atoms with Crippen LogP contribution in [-0.2, 0) is 19.1 Å². The smallest absolute Gasteiger partial charge is 0.347 e. The molecule has 0 fully saturated rings. The number of aromatic carboxylic acids is 1. The molecule has 298 valence electrons. The molecule has 1 amide bonds. The fourth-order valence-corrected chi connectivity index (χ4v) is 6.64. The molecule has 0 spiro atoms. The molecule has 0 aliphatic rings. The number of carboxylic acid groups (broad SMARTS) is 1. The summed E-state index contributed by atoms with van der Waals surface area (Å²) in [6.45, 7) is 3.84. The first kappa shape index (κ1) is 43.4. The number of ether oxygens (including phenoxy) is 3. The topological polar surface area (TPSA) is 189 Å². The molecule has 4 aromatic rings. The first-order valence-electron chi connectivity index (χ1n) is 18.5. The number of carbonyl (C=O) groups is 5. The lowest BCUT2D eigenvalue weighted by Gasteiger charge is -2.17. The highest BCUT2D eigenvalue weighted by Gasteiger charge is 2.32. The number of aromatic nitrogens is 4. The van der Waals surface area contributed by atoms with Crippen LogP contribution in [0.15, 0.2) is 71.9 Å². The number of anilines is 1. The number of esters is 2. The van der Waals surface area contributed by atoms with Gasteiger partial charge in [-0.15, -0.1) is 5.10 Å². The molecule has 0 saturated heterocycles. The summed E-state index contributed by atoms with van der Waals surface area (Å²) >= 11 is 7.15. The van der Waals surface area contributed by atoms with Gasteiger partial charge in [-0.1, -0.05) is 94.1 Å². The average Bonchev–Trinajstić information content (AvgIpc) is 3.67. The average molecular weight is 808 g/mol. The molecule has 1 aromatic heterocycles. The van der Waals surface area contributed by atoms with Gasteiger partial charge in [-0.05, 0) is 84.4 Å². The maximum Gasteiger partial charge on any atom is 0.347 e. The number of hydrogen-bond donors (Lipinski definition) is 2. The third-order valence-corrected chi connectivity index (χ3v) is 10.1. The van der Waals surface area contributed by atoms with Gasteiger partial charge in [-0.2, -0.15) is 4.68 Å². The Kier molecular flexibility index (Phi) is 17.3. The summed E-state index contributed by atoms with van der Waals surface area (Å²) in [5.41, 5.74) is 0.389. The summed E-state index contributed by atoms with van der Waals surface area (Å²) in [6, 6.07) is 15.9. The number of carbonyl (C=O) groups excluding carboxylic acids is 4. The van der Waals surface area contributed by atoms with Crippen LogP contribution < -0.4 is 10.1 Å². The van der Waals surface area contributed by atoms with E-state index in [0.29, 0.717) is 17.5 Å². The Morgan fingerprint density at radius 1 is 0.857 bits per heavy atom. The molecule has 2 unspecified atom stereocenters. The monoisotopic (exact) mass is 807 g/mol. The molecule has 14 nitrogen and oxygen atoms in total. The SMILES string of the molecule is CCCCCCCCCCCCOC(=O)C(C)OC(=O)c1ccc(Cl)c(NC(=O)C(Sc2nnnn2-c2cccc(C(=O)O)c2)C(=O)c2ccc(OC)cc2)c1. The molecule has 2 N–H and O–H groups in total. The lowest BCUT2D eigenvalue weighted by Crippen LogP contribution is -2.33. The zero-order valence-electron chi connectivity index (χ0n) is 31.6. The Balaban J connectivity index is 1.41. The quantitative estimate of drug-likeness (QED) is 0.0241. The highest BCUT2D eigenvalue weighted by atomic mass is 35.5. The van der Waals surface area contributed by atoms with E-state index in [9.17, 15) is 29.1 Å². The zero-order chi connectivity index (χ0) is 40.5. The van der Waals surface area contributed by atoms with E-state index < -0.39 is 41.0 Å². The molecule has 3 aromatic carbocycles. The van der Waals surface area contributed by atoms with Crippen molar-refractivity contribution in [2.45, 2.75) is 94.6 Å². The molecule has 0 bridgehead atoms. The summed E-state index contributed by atoms with van der Waals surface area (Å²) in [6.07, 6.45) is 10.3. The van der Waals surface area contributed by atoms with Crippen LogP contribution in [0.3, 0.4) is 0 Å². The number of rotatable bonds is 23. The number of nitrogens with one attached hydrogen (secondary N) is 1. The van der Waals surface area contributed by atoms with Crippen molar-refractivity contribution in [1.29, 1.82) is 0 Å². The van der Waals surface area contributed by atoms with Gasteiger partial charge in [0.25, 0.3) is 0 Å². The van der Waals surface area contributed by atoms with Crippen LogP contribution >= 0.6 is 23.4 Å². The molecule has 2 atom stereocenters. The fourth-order valence-electron chi connectivity index (χ4n) is 5.53. The number of carboxylic acids is 1. The third-order valence-electron chi connectivity index (χ3n) is 8.67. The molecule has 0 aliphatic carbocycles. The van der Waals surface area contributed by atoms with Crippen LogP contribution in [0, 0.1) is 0 Å². The van der Waals surface area contributed by atoms with Gasteiger partial charge in [0.2, 0.25) is 11.1 Å². The lowest BCUT2D eigenvalue weighted by atomic mass is 10.1. The van der Waals surface area contributed by atoms with Crippen molar-refractivity contribution < 1.29 is 43.3 Å². The van der Waals surface area contributed by atoms with Gasteiger partial charge in [-0.25, -0.2) is 14.4 Å². The number of hydrogen-bond acceptors (Lipinski definition) is 12. The van der Waals surface area contributed by atoms with Gasteiger partial charge in [-0.3, -0.25) is 9.59 Å². The maximum atomic E-state index is 13.9. The minimum absolute atomic E-state index is 0.00650. The standard InChI is InChI=1S/C40H46ClN5O9S/c1-4-5-6-7-8-9-10-11-12-13-23-54-38(51)26(2)55-39(52)29-19-22-32(41)33(25-29)42-36(48)35(34(47)27-17-20-31(53-3)21-18-27)56-40-43-44-45-46(40)30-16-14-15-28(24-30)37(49)50/h14-22,24-26,35H,4-13,23H2,1-3H3,(H,42,48)(H,49,50). The summed E-state index contributed by atoms with van der Waals surface area (Å²) in [4.78, 5) is 65.1. The first-order chi connectivity index (χ1) is 27.0. The van der Waals surface area contributed by atoms with Gasteiger partial charge in [0.1, 0.15) is 5.75 Å². The number of ketones is 1. The summed E-state index contributed by atoms with van der Waals surface area (Å²) < 4.78 is 17.1. The van der Waals surface area contributed by atoms with E-state index in [1.54, 1.807) is 18.2 Å². The van der Waals surface area contributed by atoms with E-state index >= 15 is 0 Å². The van der Waals surface area contributed by atoms with Crippen molar-refractivity contribution in [2.75, 3.05) is 19.0 Å². The van der Waals surface area contributed by atoms with Gasteiger partial charge >= 0.3 is 17.9 Å². The van der Waals surface area contributed by atoms with Gasteiger partial charge < -0.3 is 24.6 Å². The first-order valence-corrected chi connectivity index (χ1v) is 19.7. The highest BCUT2D eigenvalue weighted by Crippen LogP contribution is 2.30. The van der Waals surface area contributed by atoms with Crippen LogP contribution in [0.2, 0.25) is 5.02 Å². The van der Waals surface area contributed by atoms with Gasteiger partial charge in [0, 0.05) is 5.56 Å². The van der Waals surface area contributed by atoms with Crippen LogP contribution in [0.4, 0.5) is 5.69 Å². The number of nitrogens with zero attached hydrogens (tertiary/aromatic N) is 4. The minimum Gasteiger partial charge on any atom is -0.497 e. The predicted molar refractivity (Wildman–Crippen MR) is 211 cm³/mol. The Morgan fingerprint density at radius 3 is 2.18 bits per heavy atom. The molecule has 16 heteroatoms. The predicted octanol–water partition coefficient (Wildman–Crippen LogP) is 8.01. The summed E-state index contributed by atoms with van der Waals surface area (Å²) in [5, 5.41) is 22.2. The minimum atomic E-state index is -1.51. The van der Waals surface area contributed by atoms with Gasteiger partial charge in [0.05, 0.1) is 41.2 Å². The van der Waals surface area contributed by atoms with E-state index in [0.717, 1.165) is 25.7 Å². The van der Waals surface area contributed by atoms with E-state index in [2.05, 4.69) is 27.8 Å². The molecule has 0 saturated carbocycles. The van der Waals surface area contributed by atoms with Crippen molar-refractivity contribution in [3.05, 3.63) is 88.4 Å². The van der Waals surface area contributed by atoms with Crippen molar-refractivity contribution in [3.63, 3.8) is 0 Å². The zero-order valence-corrected chi connectivity index (χ0v) is 33.1. The molecular weight excluding hydrogens is 762 g/mol. The number of methoxy groups -OCH3 is 1. The molecular formula is C40H46ClN5O9S. The van der Waals surface area contributed by atoms with Crippen molar-refractivity contribution in [1.82, 2.24) is 20.2 Å². The van der Waals surface area contributed by atoms with E-state index in [4.69, 9.17) is 25.8 Å². The van der Waals surface area contributed by atoms with Crippen LogP contribution in [0.1, 0.15) is 109 Å². The number of amides is 1. The largest absolute Gasteiger partial charge is 0.497 e. The number of unbranched alkanes of at least 4 members (excludes halogenated alkanes) is 9. The Hall–Kier alpha value is -5.28. The second-order valence-corrected chi connectivity index (χ2v) is 14.4. The van der Waals surface area contributed by atoms with E-state index in [-0.39, 0.29) is 44.9 Å². The van der Waals surface area contributed by atoms with Crippen molar-refractivity contribution in [2.24, 2.45) is 0 Å². The third kappa shape index (κ3) is 12.9. The Labute approximate surface area is 334 Å². The number of Topliss-reactive ketones (excluding diaryl/α,β-unsaturated/α-hetero) is 1. The van der Waals surface area contributed by atoms with Crippen LogP contribution in [0.25, 0.3) is 5.69 Å². The normalized spacial score (nSPS) is 12.0. The second-order valence-electron chi connectivity index (χ2n) is 12.9. The number of benzene rings is 3.